The molecule has 116 valence electrons. The van der Waals surface area contributed by atoms with E-state index in [0.717, 1.165) is 12.8 Å². The van der Waals surface area contributed by atoms with Crippen molar-refractivity contribution in [3.63, 3.8) is 0 Å². The predicted octanol–water partition coefficient (Wildman–Crippen LogP) is 5.20. The highest BCUT2D eigenvalue weighted by Gasteiger charge is 2.37. The van der Waals surface area contributed by atoms with Gasteiger partial charge in [-0.3, -0.25) is 0 Å². The van der Waals surface area contributed by atoms with Crippen molar-refractivity contribution in [3.05, 3.63) is 24.3 Å². The number of ether oxygens (including phenoxy) is 1. The lowest BCUT2D eigenvalue weighted by molar-refractivity contribution is -0.0494. The van der Waals surface area contributed by atoms with Gasteiger partial charge in [0.2, 0.25) is 0 Å². The van der Waals surface area contributed by atoms with E-state index >= 15 is 0 Å². The monoisotopic (exact) mass is 295 g/mol. The van der Waals surface area contributed by atoms with Crippen LogP contribution in [0.3, 0.4) is 0 Å². The average Bonchev–Trinajstić information content (AvgIpc) is 2.92. The topological polar surface area (TPSA) is 21.3 Å². The Bertz CT molecular complexity index is 462. The van der Waals surface area contributed by atoms with Crippen LogP contribution in [0.25, 0.3) is 0 Å². The summed E-state index contributed by atoms with van der Waals surface area (Å²) in [6, 6.07) is 7.35. The SMILES string of the molecule is FC(F)Oc1ccccc1NC1CCC2(CCCC2)CC1. The Morgan fingerprint density at radius 1 is 1.05 bits per heavy atom. The molecule has 1 aromatic rings. The van der Waals surface area contributed by atoms with Gasteiger partial charge in [-0.15, -0.1) is 0 Å². The third kappa shape index (κ3) is 3.47. The Balaban J connectivity index is 1.60. The Morgan fingerprint density at radius 2 is 1.71 bits per heavy atom. The van der Waals surface area contributed by atoms with Crippen molar-refractivity contribution in [2.75, 3.05) is 5.32 Å². The van der Waals surface area contributed by atoms with Crippen LogP contribution in [0.1, 0.15) is 51.4 Å². The second kappa shape index (κ2) is 6.20. The summed E-state index contributed by atoms with van der Waals surface area (Å²) in [6.07, 6.45) is 10.3. The van der Waals surface area contributed by atoms with Crippen LogP contribution in [-0.2, 0) is 0 Å². The molecule has 2 saturated carbocycles. The fourth-order valence-electron chi connectivity index (χ4n) is 4.00. The quantitative estimate of drug-likeness (QED) is 0.824. The van der Waals surface area contributed by atoms with E-state index in [9.17, 15) is 8.78 Å². The Kier molecular flexibility index (Phi) is 4.32. The number of anilines is 1. The van der Waals surface area contributed by atoms with Gasteiger partial charge in [-0.1, -0.05) is 25.0 Å². The minimum Gasteiger partial charge on any atom is -0.433 e. The summed E-state index contributed by atoms with van der Waals surface area (Å²) in [6.45, 7) is -2.78. The summed E-state index contributed by atoms with van der Waals surface area (Å²) in [7, 11) is 0. The first-order valence-corrected chi connectivity index (χ1v) is 7.97. The zero-order valence-electron chi connectivity index (χ0n) is 12.3. The third-order valence-corrected chi connectivity index (χ3v) is 5.17. The highest BCUT2D eigenvalue weighted by Crippen LogP contribution is 2.49. The molecule has 0 heterocycles. The molecule has 0 bridgehead atoms. The number of para-hydroxylation sites is 2. The van der Waals surface area contributed by atoms with Crippen molar-refractivity contribution in [1.29, 1.82) is 0 Å². The molecule has 0 aliphatic heterocycles. The molecule has 2 aliphatic rings. The summed E-state index contributed by atoms with van der Waals surface area (Å²) < 4.78 is 29.4. The molecule has 1 spiro atoms. The predicted molar refractivity (Wildman–Crippen MR) is 79.9 cm³/mol. The Morgan fingerprint density at radius 3 is 2.38 bits per heavy atom. The summed E-state index contributed by atoms with van der Waals surface area (Å²) in [5.41, 5.74) is 1.28. The Labute approximate surface area is 124 Å². The molecule has 0 amide bonds. The van der Waals surface area contributed by atoms with Crippen molar-refractivity contribution in [2.45, 2.75) is 64.0 Å². The second-order valence-corrected chi connectivity index (χ2v) is 6.50. The van der Waals surface area contributed by atoms with E-state index in [4.69, 9.17) is 0 Å². The lowest BCUT2D eigenvalue weighted by Crippen LogP contribution is -2.31. The van der Waals surface area contributed by atoms with Gasteiger partial charge in [0.25, 0.3) is 0 Å². The summed E-state index contributed by atoms with van der Waals surface area (Å²) in [5.74, 6) is 0.244. The fourth-order valence-corrected chi connectivity index (χ4v) is 4.00. The second-order valence-electron chi connectivity index (χ2n) is 6.50. The van der Waals surface area contributed by atoms with Crippen LogP contribution in [-0.4, -0.2) is 12.7 Å². The van der Waals surface area contributed by atoms with E-state index in [2.05, 4.69) is 10.1 Å². The number of benzene rings is 1. The molecule has 0 saturated heterocycles. The van der Waals surface area contributed by atoms with Gasteiger partial charge in [0.15, 0.2) is 0 Å². The molecule has 0 unspecified atom stereocenters. The standard InChI is InChI=1S/C17H23F2NO/c18-16(19)21-15-6-2-1-5-14(15)20-13-7-11-17(12-8-13)9-3-4-10-17/h1-2,5-6,13,16,20H,3-4,7-12H2. The molecule has 3 rings (SSSR count). The van der Waals surface area contributed by atoms with Crippen molar-refractivity contribution < 1.29 is 13.5 Å². The van der Waals surface area contributed by atoms with E-state index < -0.39 is 6.61 Å². The maximum Gasteiger partial charge on any atom is 0.387 e. The molecule has 2 fully saturated rings. The fraction of sp³-hybridized carbons (Fsp3) is 0.647. The smallest absolute Gasteiger partial charge is 0.387 e. The van der Waals surface area contributed by atoms with Crippen molar-refractivity contribution in [2.24, 2.45) is 5.41 Å². The van der Waals surface area contributed by atoms with Gasteiger partial charge in [0.1, 0.15) is 5.75 Å². The number of rotatable bonds is 4. The van der Waals surface area contributed by atoms with Gasteiger partial charge in [-0.2, -0.15) is 8.78 Å². The zero-order chi connectivity index (χ0) is 14.7. The van der Waals surface area contributed by atoms with Crippen LogP contribution in [0, 0.1) is 5.41 Å². The van der Waals surface area contributed by atoms with Gasteiger partial charge in [-0.25, -0.2) is 0 Å². The highest BCUT2D eigenvalue weighted by atomic mass is 19.3. The normalized spacial score (nSPS) is 21.9. The largest absolute Gasteiger partial charge is 0.433 e. The van der Waals surface area contributed by atoms with E-state index in [1.165, 1.54) is 38.5 Å². The van der Waals surface area contributed by atoms with Crippen molar-refractivity contribution in [1.82, 2.24) is 0 Å². The highest BCUT2D eigenvalue weighted by molar-refractivity contribution is 5.56. The number of hydrogen-bond acceptors (Lipinski definition) is 2. The minimum atomic E-state index is -2.78. The molecule has 0 aromatic heterocycles. The molecule has 1 N–H and O–H groups in total. The van der Waals surface area contributed by atoms with Crippen LogP contribution >= 0.6 is 0 Å². The summed E-state index contributed by atoms with van der Waals surface area (Å²) in [5, 5.41) is 3.40. The molecule has 1 aromatic carbocycles. The number of hydrogen-bond donors (Lipinski definition) is 1. The average molecular weight is 295 g/mol. The van der Waals surface area contributed by atoms with Gasteiger partial charge in [0.05, 0.1) is 5.69 Å². The first-order valence-electron chi connectivity index (χ1n) is 7.97. The maximum absolute atomic E-state index is 12.4. The van der Waals surface area contributed by atoms with Crippen LogP contribution in [0.15, 0.2) is 24.3 Å². The Hall–Kier alpha value is -1.32. The molecule has 4 heteroatoms. The summed E-state index contributed by atoms with van der Waals surface area (Å²) in [4.78, 5) is 0. The van der Waals surface area contributed by atoms with Gasteiger partial charge in [-0.05, 0) is 56.1 Å². The maximum atomic E-state index is 12.4. The molecule has 2 aliphatic carbocycles. The van der Waals surface area contributed by atoms with E-state index in [0.29, 0.717) is 17.1 Å². The third-order valence-electron chi connectivity index (χ3n) is 5.17. The summed E-state index contributed by atoms with van der Waals surface area (Å²) >= 11 is 0. The lowest BCUT2D eigenvalue weighted by atomic mass is 9.71. The van der Waals surface area contributed by atoms with Gasteiger partial charge < -0.3 is 10.1 Å². The van der Waals surface area contributed by atoms with E-state index in [1.807, 2.05) is 12.1 Å². The number of alkyl halides is 2. The van der Waals surface area contributed by atoms with Crippen molar-refractivity contribution in [3.8, 4) is 5.75 Å². The zero-order valence-corrected chi connectivity index (χ0v) is 12.3. The van der Waals surface area contributed by atoms with Crippen LogP contribution in [0.5, 0.6) is 5.75 Å². The molecule has 2 nitrogen and oxygen atoms in total. The molecular weight excluding hydrogens is 272 g/mol. The van der Waals surface area contributed by atoms with Crippen LogP contribution in [0.4, 0.5) is 14.5 Å². The number of halogens is 2. The van der Waals surface area contributed by atoms with Gasteiger partial charge in [0, 0.05) is 6.04 Å². The molecular formula is C17H23F2NO. The lowest BCUT2D eigenvalue weighted by Gasteiger charge is -2.38. The molecule has 0 atom stereocenters. The first kappa shape index (κ1) is 14.6. The van der Waals surface area contributed by atoms with Crippen LogP contribution < -0.4 is 10.1 Å². The van der Waals surface area contributed by atoms with Crippen molar-refractivity contribution >= 4 is 5.69 Å². The van der Waals surface area contributed by atoms with E-state index in [1.54, 1.807) is 12.1 Å². The van der Waals surface area contributed by atoms with Gasteiger partial charge >= 0.3 is 6.61 Å². The van der Waals surface area contributed by atoms with E-state index in [-0.39, 0.29) is 5.75 Å². The van der Waals surface area contributed by atoms with Crippen LogP contribution in [0.2, 0.25) is 0 Å². The minimum absolute atomic E-state index is 0.244. The number of nitrogens with one attached hydrogen (secondary N) is 1. The first-order chi connectivity index (χ1) is 10.2. The molecule has 0 radical (unpaired) electrons. The molecule has 21 heavy (non-hydrogen) atoms.